The number of rotatable bonds is 6. The average Bonchev–Trinajstić information content (AvgIpc) is 2.43. The van der Waals surface area contributed by atoms with E-state index in [4.69, 9.17) is 0 Å². The molecule has 21 heavy (non-hydrogen) atoms. The molecule has 1 atom stereocenters. The van der Waals surface area contributed by atoms with Crippen LogP contribution < -0.4 is 4.72 Å². The molecule has 0 fully saturated rings. The van der Waals surface area contributed by atoms with Gasteiger partial charge in [-0.05, 0) is 12.1 Å². The molecule has 1 unspecified atom stereocenters. The number of carbonyl (C=O) groups is 1. The minimum atomic E-state index is -4.49. The normalized spacial score (nSPS) is 12.7. The Morgan fingerprint density at radius 2 is 2.19 bits per heavy atom. The molecule has 0 heterocycles. The summed E-state index contributed by atoms with van der Waals surface area (Å²) in [7, 11) is -3.51. The van der Waals surface area contributed by atoms with Crippen molar-refractivity contribution in [1.29, 1.82) is 0 Å². The van der Waals surface area contributed by atoms with E-state index in [1.165, 1.54) is 0 Å². The van der Waals surface area contributed by atoms with Gasteiger partial charge in [-0.1, -0.05) is 6.07 Å². The fraction of sp³-hybridized carbons (Fsp3) is 0.300. The van der Waals surface area contributed by atoms with Gasteiger partial charge in [-0.3, -0.25) is 10.1 Å². The van der Waals surface area contributed by atoms with Crippen molar-refractivity contribution in [3.8, 4) is 0 Å². The van der Waals surface area contributed by atoms with E-state index in [1.807, 2.05) is 0 Å². The second-order valence-electron chi connectivity index (χ2n) is 3.73. The van der Waals surface area contributed by atoms with E-state index >= 15 is 0 Å². The Balaban J connectivity index is 3.07. The van der Waals surface area contributed by atoms with Crippen molar-refractivity contribution in [2.45, 2.75) is 11.0 Å². The number of benzene rings is 1. The van der Waals surface area contributed by atoms with Gasteiger partial charge in [0.1, 0.15) is 0 Å². The quantitative estimate of drug-likeness (QED) is 0.411. The number of sulfonamides is 1. The Labute approximate surface area is 118 Å². The molecule has 1 aromatic carbocycles. The van der Waals surface area contributed by atoms with Gasteiger partial charge in [0.25, 0.3) is 0 Å². The number of nitro benzene ring substituents is 1. The number of nitro groups is 1. The van der Waals surface area contributed by atoms with Gasteiger partial charge < -0.3 is 9.84 Å². The van der Waals surface area contributed by atoms with E-state index in [-0.39, 0.29) is 0 Å². The van der Waals surface area contributed by atoms with Crippen molar-refractivity contribution in [2.24, 2.45) is 0 Å². The van der Waals surface area contributed by atoms with Crippen LogP contribution in [0.5, 0.6) is 0 Å². The number of carbonyl (C=O) groups excluding carboxylic acids is 1. The maximum atomic E-state index is 13.4. The molecule has 0 bridgehead atoms. The highest BCUT2D eigenvalue weighted by molar-refractivity contribution is 7.89. The molecule has 0 amide bonds. The number of para-hydroxylation sites is 1. The SMILES string of the molecule is COC(=O)C(O)CNS(=O)(=O)c1cccc(F)c1[N+](=O)[O-]. The van der Waals surface area contributed by atoms with Crippen molar-refractivity contribution in [3.05, 3.63) is 34.1 Å². The fourth-order valence-electron chi connectivity index (χ4n) is 1.38. The predicted octanol–water partition coefficient (Wildman–Crippen LogP) is -0.454. The second-order valence-corrected chi connectivity index (χ2v) is 5.47. The van der Waals surface area contributed by atoms with Crippen molar-refractivity contribution in [2.75, 3.05) is 13.7 Å². The third kappa shape index (κ3) is 3.93. The summed E-state index contributed by atoms with van der Waals surface area (Å²) in [6.07, 6.45) is -1.79. The maximum absolute atomic E-state index is 13.4. The lowest BCUT2D eigenvalue weighted by Gasteiger charge is -2.10. The van der Waals surface area contributed by atoms with E-state index in [0.29, 0.717) is 0 Å². The summed E-state index contributed by atoms with van der Waals surface area (Å²) in [6.45, 7) is -0.775. The third-order valence-corrected chi connectivity index (χ3v) is 3.82. The molecule has 0 aromatic heterocycles. The summed E-state index contributed by atoms with van der Waals surface area (Å²) < 4.78 is 43.0. The van der Waals surface area contributed by atoms with Gasteiger partial charge in [0.2, 0.25) is 15.8 Å². The topological polar surface area (TPSA) is 136 Å². The summed E-state index contributed by atoms with van der Waals surface area (Å²) >= 11 is 0. The molecule has 0 aliphatic carbocycles. The van der Waals surface area contributed by atoms with E-state index in [9.17, 15) is 32.8 Å². The van der Waals surface area contributed by atoms with Gasteiger partial charge in [-0.2, -0.15) is 4.39 Å². The van der Waals surface area contributed by atoms with Crippen molar-refractivity contribution >= 4 is 21.7 Å². The first-order chi connectivity index (χ1) is 9.70. The number of esters is 1. The largest absolute Gasteiger partial charge is 0.467 e. The Morgan fingerprint density at radius 1 is 1.57 bits per heavy atom. The molecule has 0 saturated carbocycles. The third-order valence-electron chi connectivity index (χ3n) is 2.36. The van der Waals surface area contributed by atoms with Crippen LogP contribution in [0, 0.1) is 15.9 Å². The number of aliphatic hydroxyl groups excluding tert-OH is 1. The zero-order valence-corrected chi connectivity index (χ0v) is 11.5. The average molecular weight is 322 g/mol. The number of hydrogen-bond donors (Lipinski definition) is 2. The van der Waals surface area contributed by atoms with Crippen LogP contribution in [-0.2, 0) is 19.6 Å². The standard InChI is InChI=1S/C10H11FN2O7S/c1-20-10(15)7(14)5-12-21(18,19)8-4-2-3-6(11)9(8)13(16)17/h2-4,7,12,14H,5H2,1H3. The number of aliphatic hydroxyl groups is 1. The first kappa shape index (κ1) is 16.9. The van der Waals surface area contributed by atoms with Gasteiger partial charge >= 0.3 is 11.7 Å². The zero-order valence-electron chi connectivity index (χ0n) is 10.6. The lowest BCUT2D eigenvalue weighted by atomic mass is 10.3. The molecular weight excluding hydrogens is 311 g/mol. The van der Waals surface area contributed by atoms with Crippen LogP contribution in [0.2, 0.25) is 0 Å². The highest BCUT2D eigenvalue weighted by Gasteiger charge is 2.30. The lowest BCUT2D eigenvalue weighted by Crippen LogP contribution is -2.37. The Hall–Kier alpha value is -2.11. The number of nitrogens with one attached hydrogen (secondary N) is 1. The highest BCUT2D eigenvalue weighted by atomic mass is 32.2. The Morgan fingerprint density at radius 3 is 2.71 bits per heavy atom. The Bertz CT molecular complexity index is 661. The predicted molar refractivity (Wildman–Crippen MR) is 66.3 cm³/mol. The van der Waals surface area contributed by atoms with Gasteiger partial charge in [-0.15, -0.1) is 0 Å². The van der Waals surface area contributed by atoms with Gasteiger partial charge in [0.05, 0.1) is 12.0 Å². The molecule has 0 radical (unpaired) electrons. The summed E-state index contributed by atoms with van der Waals surface area (Å²) in [5, 5.41) is 20.0. The van der Waals surface area contributed by atoms with E-state index in [1.54, 1.807) is 4.72 Å². The second kappa shape index (κ2) is 6.56. The minimum Gasteiger partial charge on any atom is -0.467 e. The molecule has 1 aromatic rings. The molecular formula is C10H11FN2O7S. The first-order valence-electron chi connectivity index (χ1n) is 5.39. The van der Waals surface area contributed by atoms with Crippen LogP contribution in [0.25, 0.3) is 0 Å². The van der Waals surface area contributed by atoms with E-state index in [2.05, 4.69) is 4.74 Å². The van der Waals surface area contributed by atoms with Gasteiger partial charge in [0.15, 0.2) is 11.0 Å². The number of ether oxygens (including phenoxy) is 1. The highest BCUT2D eigenvalue weighted by Crippen LogP contribution is 2.26. The molecule has 0 aliphatic heterocycles. The lowest BCUT2D eigenvalue weighted by molar-refractivity contribution is -0.390. The first-order valence-corrected chi connectivity index (χ1v) is 6.87. The number of methoxy groups -OCH3 is 1. The minimum absolute atomic E-state index is 0.737. The summed E-state index contributed by atoms with van der Waals surface area (Å²) in [5.74, 6) is -2.41. The zero-order chi connectivity index (χ0) is 16.2. The van der Waals surface area contributed by atoms with Crippen LogP contribution in [0.1, 0.15) is 0 Å². The van der Waals surface area contributed by atoms with Gasteiger partial charge in [0, 0.05) is 6.54 Å². The number of halogens is 1. The number of hydrogen-bond acceptors (Lipinski definition) is 7. The smallest absolute Gasteiger partial charge is 0.336 e. The molecule has 0 aliphatic rings. The molecule has 116 valence electrons. The maximum Gasteiger partial charge on any atom is 0.336 e. The molecule has 0 spiro atoms. The molecule has 0 saturated heterocycles. The molecule has 11 heteroatoms. The van der Waals surface area contributed by atoms with Gasteiger partial charge in [-0.25, -0.2) is 17.9 Å². The van der Waals surface area contributed by atoms with Crippen LogP contribution in [0.15, 0.2) is 23.1 Å². The van der Waals surface area contributed by atoms with Crippen LogP contribution in [-0.4, -0.2) is 44.2 Å². The summed E-state index contributed by atoms with van der Waals surface area (Å²) in [5.41, 5.74) is -1.22. The van der Waals surface area contributed by atoms with E-state index < -0.39 is 50.0 Å². The molecule has 2 N–H and O–H groups in total. The summed E-state index contributed by atoms with van der Waals surface area (Å²) in [6, 6.07) is 2.54. The van der Waals surface area contributed by atoms with Crippen molar-refractivity contribution in [1.82, 2.24) is 4.72 Å². The fourth-order valence-corrected chi connectivity index (χ4v) is 2.59. The van der Waals surface area contributed by atoms with Crippen molar-refractivity contribution < 1.29 is 32.4 Å². The van der Waals surface area contributed by atoms with Crippen LogP contribution >= 0.6 is 0 Å². The summed E-state index contributed by atoms with van der Waals surface area (Å²) in [4.78, 5) is 19.6. The molecule has 9 nitrogen and oxygen atoms in total. The number of nitrogens with zero attached hydrogens (tertiary/aromatic N) is 1. The van der Waals surface area contributed by atoms with E-state index in [0.717, 1.165) is 25.3 Å². The van der Waals surface area contributed by atoms with Crippen LogP contribution in [0.3, 0.4) is 0 Å². The monoisotopic (exact) mass is 322 g/mol. The Kier molecular flexibility index (Phi) is 5.29. The van der Waals surface area contributed by atoms with Crippen LogP contribution in [0.4, 0.5) is 10.1 Å². The molecule has 1 rings (SSSR count). The van der Waals surface area contributed by atoms with Crippen molar-refractivity contribution in [3.63, 3.8) is 0 Å².